The van der Waals surface area contributed by atoms with E-state index in [0.29, 0.717) is 52.5 Å². The number of fused-ring (bicyclic) bond motifs is 18. The molecule has 0 atom stereocenters. The fourth-order valence-corrected chi connectivity index (χ4v) is 17.7. The summed E-state index contributed by atoms with van der Waals surface area (Å²) in [5.74, 6) is 5.67. The zero-order chi connectivity index (χ0) is 83.1. The van der Waals surface area contributed by atoms with Crippen molar-refractivity contribution in [3.63, 3.8) is 0 Å². The molecule has 0 spiro atoms. The lowest BCUT2D eigenvalue weighted by atomic mass is 10.1. The number of rotatable bonds is 11. The number of para-hydroxylation sites is 6. The number of furan rings is 3. The smallest absolute Gasteiger partial charge is 0.238 e. The third-order valence-electron chi connectivity index (χ3n) is 23.5. The van der Waals surface area contributed by atoms with Crippen molar-refractivity contribution in [3.05, 3.63) is 413 Å². The fourth-order valence-electron chi connectivity index (χ4n) is 17.7. The summed E-state index contributed by atoms with van der Waals surface area (Å²) in [5, 5.41) is 13.8. The molecule has 0 radical (unpaired) electrons. The van der Waals surface area contributed by atoms with Crippen LogP contribution in [0.25, 0.3) is 240 Å². The monoisotopic (exact) mass is 1620 g/mol. The maximum Gasteiger partial charge on any atom is 0.238 e. The molecule has 26 rings (SSSR count). The van der Waals surface area contributed by atoms with Gasteiger partial charge in [-0.15, -0.1) is 0 Å². The molecule has 0 N–H and O–H groups in total. The van der Waals surface area contributed by atoms with Crippen LogP contribution in [-0.2, 0) is 0 Å². The Kier molecular flexibility index (Phi) is 17.5. The summed E-state index contributed by atoms with van der Waals surface area (Å²) < 4.78 is 25.6. The van der Waals surface area contributed by atoms with Gasteiger partial charge >= 0.3 is 0 Å². The van der Waals surface area contributed by atoms with Crippen molar-refractivity contribution in [1.29, 1.82) is 0 Å². The van der Waals surface area contributed by atoms with Gasteiger partial charge in [-0.3, -0.25) is 4.57 Å². The zero-order valence-electron chi connectivity index (χ0n) is 67.4. The first-order chi connectivity index (χ1) is 62.4. The van der Waals surface area contributed by atoms with Crippen LogP contribution in [0.3, 0.4) is 0 Å². The molecule has 0 aliphatic rings. The maximum absolute atomic E-state index is 6.31. The minimum absolute atomic E-state index is 0.569. The minimum atomic E-state index is 0.569. The predicted molar refractivity (Wildman–Crippen MR) is 508 cm³/mol. The molecule has 0 saturated carbocycles. The molecule has 15 heteroatoms. The maximum atomic E-state index is 6.31. The quantitative estimate of drug-likeness (QED) is 0.120. The Morgan fingerprint density at radius 2 is 0.397 bits per heavy atom. The molecule has 0 aliphatic carbocycles. The molecule has 126 heavy (non-hydrogen) atoms. The Bertz CT molecular complexity index is 8540. The van der Waals surface area contributed by atoms with E-state index < -0.39 is 0 Å². The lowest BCUT2D eigenvalue weighted by molar-refractivity contribution is 0.669. The molecule has 0 bridgehead atoms. The van der Waals surface area contributed by atoms with Crippen LogP contribution in [0, 0.1) is 0 Å². The number of aromatic nitrogens is 12. The highest BCUT2D eigenvalue weighted by Gasteiger charge is 2.25. The lowest BCUT2D eigenvalue weighted by Crippen LogP contribution is -2.06. The van der Waals surface area contributed by atoms with Crippen LogP contribution in [-0.4, -0.2) is 58.6 Å². The van der Waals surface area contributed by atoms with Crippen LogP contribution in [0.15, 0.2) is 426 Å². The van der Waals surface area contributed by atoms with Crippen molar-refractivity contribution in [3.8, 4) is 108 Å². The first-order valence-corrected chi connectivity index (χ1v) is 41.8. The molecular formula is C111H68N12O3. The van der Waals surface area contributed by atoms with Crippen LogP contribution < -0.4 is 0 Å². The van der Waals surface area contributed by atoms with E-state index in [1.165, 1.54) is 21.5 Å². The summed E-state index contributed by atoms with van der Waals surface area (Å²) in [6.45, 7) is 0. The van der Waals surface area contributed by atoms with Crippen molar-refractivity contribution in [1.82, 2.24) is 58.6 Å². The molecule has 0 aliphatic heterocycles. The molecule has 17 aromatic carbocycles. The Labute approximate surface area is 719 Å². The summed E-state index contributed by atoms with van der Waals surface area (Å²) >= 11 is 0. The third kappa shape index (κ3) is 12.8. The van der Waals surface area contributed by atoms with Gasteiger partial charge in [-0.25, -0.2) is 34.9 Å². The second-order valence-electron chi connectivity index (χ2n) is 31.1. The average molecular weight is 1620 g/mol. The van der Waals surface area contributed by atoms with E-state index in [1.54, 1.807) is 0 Å². The summed E-state index contributed by atoms with van der Waals surface area (Å²) in [4.78, 5) is 44.3. The van der Waals surface area contributed by atoms with Gasteiger partial charge in [0.05, 0.1) is 33.1 Å². The number of benzene rings is 17. The Morgan fingerprint density at radius 1 is 0.143 bits per heavy atom. The largest absolute Gasteiger partial charge is 0.456 e. The first kappa shape index (κ1) is 72.6. The van der Waals surface area contributed by atoms with Crippen LogP contribution in [0.4, 0.5) is 0 Å². The van der Waals surface area contributed by atoms with Gasteiger partial charge in [0.25, 0.3) is 0 Å². The summed E-state index contributed by atoms with van der Waals surface area (Å²) in [6.07, 6.45) is 0. The first-order valence-electron chi connectivity index (χ1n) is 41.8. The second kappa shape index (κ2) is 30.4. The highest BCUT2D eigenvalue weighted by Crippen LogP contribution is 2.44. The second-order valence-corrected chi connectivity index (χ2v) is 31.1. The molecule has 9 aromatic heterocycles. The fraction of sp³-hybridized carbons (Fsp3) is 0. The Morgan fingerprint density at radius 3 is 0.738 bits per heavy atom. The van der Waals surface area contributed by atoms with Crippen molar-refractivity contribution in [2.45, 2.75) is 0 Å². The van der Waals surface area contributed by atoms with Crippen molar-refractivity contribution < 1.29 is 13.3 Å². The van der Waals surface area contributed by atoms with E-state index >= 15 is 0 Å². The standard InChI is InChI=1S/2C39H24N4O.C33H20N4O/c1-3-12-25(13-4-1)37-40-38(26-14-5-2-6-15-26)42-39(41-37)27-16-11-17-28(22-27)43-33-20-9-7-18-29(33)31-23-32-30-19-8-10-21-35(30)44-36(32)24-34(31)43;1-3-11-25(12-4-1)37-40-38(26-13-5-2-6-14-26)42-39(41-37)27-19-21-28(22-20-27)43-33-17-9-7-15-29(33)31-23-32-30-16-8-10-18-35(30)44-36(32)24-34(31)43;1-3-11-21(12-4-1)31-34-32(22-13-5-2-6-14-22)36-33(35-31)37-27-17-9-7-15-23(27)25-19-26-24-16-8-10-18-29(24)38-30(26)20-28(25)37/h2*1-24H;1-20H. The highest BCUT2D eigenvalue weighted by molar-refractivity contribution is 6.20. The van der Waals surface area contributed by atoms with Gasteiger partial charge < -0.3 is 22.4 Å². The van der Waals surface area contributed by atoms with Gasteiger partial charge in [0, 0.05) is 139 Å². The van der Waals surface area contributed by atoms with Crippen LogP contribution in [0.5, 0.6) is 0 Å². The van der Waals surface area contributed by atoms with Crippen LogP contribution in [0.2, 0.25) is 0 Å². The van der Waals surface area contributed by atoms with Gasteiger partial charge in [-0.1, -0.05) is 303 Å². The third-order valence-corrected chi connectivity index (χ3v) is 23.5. The summed E-state index contributed by atoms with van der Waals surface area (Å²) in [5.41, 5.74) is 21.3. The van der Waals surface area contributed by atoms with Crippen molar-refractivity contribution >= 4 is 131 Å². The highest BCUT2D eigenvalue weighted by atomic mass is 16.3. The molecule has 15 nitrogen and oxygen atoms in total. The van der Waals surface area contributed by atoms with E-state index in [9.17, 15) is 0 Å². The normalized spacial score (nSPS) is 11.7. The van der Waals surface area contributed by atoms with E-state index in [0.717, 1.165) is 166 Å². The molecule has 0 saturated heterocycles. The average Bonchev–Trinajstić information content (AvgIpc) is 1.58. The van der Waals surface area contributed by atoms with E-state index in [4.69, 9.17) is 58.1 Å². The number of nitrogens with zero attached hydrogens (tertiary/aromatic N) is 12. The van der Waals surface area contributed by atoms with Gasteiger partial charge in [0.2, 0.25) is 5.95 Å². The van der Waals surface area contributed by atoms with Crippen molar-refractivity contribution in [2.24, 2.45) is 0 Å². The van der Waals surface area contributed by atoms with Crippen LogP contribution in [0.1, 0.15) is 0 Å². The van der Waals surface area contributed by atoms with E-state index in [1.807, 2.05) is 224 Å². The molecular weight excluding hydrogens is 1550 g/mol. The number of hydrogen-bond acceptors (Lipinski definition) is 12. The van der Waals surface area contributed by atoms with Gasteiger partial charge in [0.15, 0.2) is 46.6 Å². The molecule has 9 heterocycles. The van der Waals surface area contributed by atoms with E-state index in [2.05, 4.69) is 202 Å². The Balaban J connectivity index is 0.000000106. The van der Waals surface area contributed by atoms with Gasteiger partial charge in [-0.2, -0.15) is 9.97 Å². The van der Waals surface area contributed by atoms with E-state index in [-0.39, 0.29) is 0 Å². The molecule has 0 unspecified atom stereocenters. The molecule has 0 amide bonds. The zero-order valence-corrected chi connectivity index (χ0v) is 67.4. The Hall–Kier alpha value is -17.4. The van der Waals surface area contributed by atoms with Crippen molar-refractivity contribution in [2.75, 3.05) is 0 Å². The topological polar surface area (TPSA) is 170 Å². The molecule has 26 aromatic rings. The van der Waals surface area contributed by atoms with Crippen LogP contribution >= 0.6 is 0 Å². The van der Waals surface area contributed by atoms with Gasteiger partial charge in [-0.05, 0) is 91.0 Å². The number of hydrogen-bond donors (Lipinski definition) is 0. The molecule has 0 fully saturated rings. The van der Waals surface area contributed by atoms with Gasteiger partial charge in [0.1, 0.15) is 33.5 Å². The summed E-state index contributed by atoms with van der Waals surface area (Å²) in [6, 6.07) is 141. The lowest BCUT2D eigenvalue weighted by Gasteiger charge is -2.11. The minimum Gasteiger partial charge on any atom is -0.456 e. The predicted octanol–water partition coefficient (Wildman–Crippen LogP) is 27.9. The summed E-state index contributed by atoms with van der Waals surface area (Å²) in [7, 11) is 0. The molecule has 590 valence electrons. The SMILES string of the molecule is c1ccc(-c2nc(-c3ccccc3)nc(-c3ccc(-n4c5ccccc5c5cc6c(cc54)oc4ccccc46)cc3)n2)cc1.c1ccc(-c2nc(-c3ccccc3)nc(-c3cccc(-n4c5ccccc5c5cc6c(cc54)oc4ccccc46)c3)n2)cc1.c1ccc(-c2nc(-c3ccccc3)nc(-n3c4ccccc4c4cc5c(cc43)oc3ccccc35)n2)cc1.